The number of benzene rings is 1. The van der Waals surface area contributed by atoms with Crippen molar-refractivity contribution in [2.24, 2.45) is 0 Å². The first-order chi connectivity index (χ1) is 9.04. The third-order valence-corrected chi connectivity index (χ3v) is 3.83. The molecule has 0 heterocycles. The highest BCUT2D eigenvalue weighted by molar-refractivity contribution is 6.42. The first-order valence-electron chi connectivity index (χ1n) is 6.22. The van der Waals surface area contributed by atoms with Gasteiger partial charge in [-0.25, -0.2) is 0 Å². The monoisotopic (exact) mass is 305 g/mol. The molecule has 19 heavy (non-hydrogen) atoms. The van der Waals surface area contributed by atoms with E-state index in [-0.39, 0.29) is 12.7 Å². The van der Waals surface area contributed by atoms with Crippen LogP contribution >= 0.6 is 23.2 Å². The van der Waals surface area contributed by atoms with Crippen LogP contribution in [0.3, 0.4) is 0 Å². The average Bonchev–Trinajstić information content (AvgIpc) is 2.34. The van der Waals surface area contributed by atoms with Gasteiger partial charge in [0, 0.05) is 18.7 Å². The predicted octanol–water partition coefficient (Wildman–Crippen LogP) is 1.85. The number of halogens is 2. The lowest BCUT2D eigenvalue weighted by Crippen LogP contribution is -2.47. The van der Waals surface area contributed by atoms with Crippen LogP contribution < -0.4 is 10.1 Å². The van der Waals surface area contributed by atoms with E-state index in [9.17, 15) is 5.11 Å². The number of aliphatic hydroxyl groups is 2. The number of hydrogen-bond acceptors (Lipinski definition) is 4. The van der Waals surface area contributed by atoms with Gasteiger partial charge in [0.2, 0.25) is 0 Å². The number of hydrogen-bond donors (Lipinski definition) is 3. The van der Waals surface area contributed by atoms with Crippen molar-refractivity contribution in [3.8, 4) is 5.75 Å². The van der Waals surface area contributed by atoms with Crippen molar-refractivity contribution in [3.05, 3.63) is 28.2 Å². The summed E-state index contributed by atoms with van der Waals surface area (Å²) in [6.45, 7) is 0.624. The lowest BCUT2D eigenvalue weighted by molar-refractivity contribution is 0.0488. The lowest BCUT2D eigenvalue weighted by atomic mass is 9.89. The molecule has 6 heteroatoms. The molecule has 1 unspecified atom stereocenters. The Bertz CT molecular complexity index is 424. The van der Waals surface area contributed by atoms with Gasteiger partial charge in [-0.2, -0.15) is 0 Å². The van der Waals surface area contributed by atoms with Crippen molar-refractivity contribution in [1.82, 2.24) is 5.32 Å². The summed E-state index contributed by atoms with van der Waals surface area (Å²) in [7, 11) is 0. The van der Waals surface area contributed by atoms with Crippen molar-refractivity contribution in [2.45, 2.75) is 31.1 Å². The molecule has 0 aromatic heterocycles. The Morgan fingerprint density at radius 1 is 1.32 bits per heavy atom. The van der Waals surface area contributed by atoms with Gasteiger partial charge in [0.05, 0.1) is 16.1 Å². The smallest absolute Gasteiger partial charge is 0.121 e. The van der Waals surface area contributed by atoms with Gasteiger partial charge in [-0.1, -0.05) is 23.2 Å². The zero-order valence-electron chi connectivity index (χ0n) is 10.4. The van der Waals surface area contributed by atoms with Gasteiger partial charge in [-0.05, 0) is 25.0 Å². The molecule has 1 aliphatic rings. The predicted molar refractivity (Wildman–Crippen MR) is 75.0 cm³/mol. The fraction of sp³-hybridized carbons (Fsp3) is 0.538. The highest BCUT2D eigenvalue weighted by atomic mass is 35.5. The molecular weight excluding hydrogens is 289 g/mol. The Morgan fingerprint density at radius 3 is 2.68 bits per heavy atom. The molecule has 0 aliphatic heterocycles. The molecule has 1 aromatic rings. The van der Waals surface area contributed by atoms with Crippen LogP contribution in [0.25, 0.3) is 0 Å². The van der Waals surface area contributed by atoms with Gasteiger partial charge in [0.25, 0.3) is 0 Å². The molecule has 0 saturated heterocycles. The van der Waals surface area contributed by atoms with Crippen LogP contribution in [0.1, 0.15) is 12.8 Å². The molecule has 1 atom stereocenters. The van der Waals surface area contributed by atoms with Gasteiger partial charge < -0.3 is 20.3 Å². The van der Waals surface area contributed by atoms with Crippen LogP contribution in [0.2, 0.25) is 10.0 Å². The largest absolute Gasteiger partial charge is 0.491 e. The van der Waals surface area contributed by atoms with Crippen LogP contribution in [-0.4, -0.2) is 41.6 Å². The number of aliphatic hydroxyl groups excluding tert-OH is 2. The van der Waals surface area contributed by atoms with E-state index in [2.05, 4.69) is 5.32 Å². The summed E-state index contributed by atoms with van der Waals surface area (Å²) in [4.78, 5) is 0. The first kappa shape index (κ1) is 14.9. The van der Waals surface area contributed by atoms with Crippen LogP contribution in [-0.2, 0) is 0 Å². The average molecular weight is 306 g/mol. The summed E-state index contributed by atoms with van der Waals surface area (Å²) >= 11 is 11.7. The Balaban J connectivity index is 1.67. The maximum absolute atomic E-state index is 9.76. The molecule has 4 nitrogen and oxygen atoms in total. The molecular formula is C13H17Cl2NO3. The third kappa shape index (κ3) is 4.51. The summed E-state index contributed by atoms with van der Waals surface area (Å²) in [5, 5.41) is 23.0. The van der Waals surface area contributed by atoms with Crippen LogP contribution in [0.15, 0.2) is 18.2 Å². The van der Waals surface area contributed by atoms with Gasteiger partial charge in [-0.3, -0.25) is 0 Å². The zero-order chi connectivity index (χ0) is 13.8. The van der Waals surface area contributed by atoms with E-state index in [1.807, 2.05) is 0 Å². The summed E-state index contributed by atoms with van der Waals surface area (Å²) in [5.74, 6) is 0.576. The van der Waals surface area contributed by atoms with E-state index < -0.39 is 6.10 Å². The quantitative estimate of drug-likeness (QED) is 0.750. The van der Waals surface area contributed by atoms with E-state index >= 15 is 0 Å². The van der Waals surface area contributed by atoms with Crippen molar-refractivity contribution < 1.29 is 14.9 Å². The van der Waals surface area contributed by atoms with Crippen LogP contribution in [0.4, 0.5) is 0 Å². The maximum atomic E-state index is 9.76. The van der Waals surface area contributed by atoms with Crippen LogP contribution in [0, 0.1) is 0 Å². The molecule has 3 N–H and O–H groups in total. The standard InChI is InChI=1S/C13H17Cl2NO3/c14-12-2-1-11(5-13(12)15)19-7-10(18)6-16-8-3-9(17)4-8/h1-2,5,8-10,16-18H,3-4,6-7H2. The summed E-state index contributed by atoms with van der Waals surface area (Å²) in [6, 6.07) is 5.28. The molecule has 106 valence electrons. The zero-order valence-corrected chi connectivity index (χ0v) is 11.9. The molecule has 1 saturated carbocycles. The number of ether oxygens (including phenoxy) is 1. The molecule has 2 rings (SSSR count). The minimum atomic E-state index is -0.604. The van der Waals surface area contributed by atoms with E-state index in [0.717, 1.165) is 12.8 Å². The third-order valence-electron chi connectivity index (χ3n) is 3.09. The van der Waals surface area contributed by atoms with E-state index in [4.69, 9.17) is 33.0 Å². The molecule has 0 amide bonds. The lowest BCUT2D eigenvalue weighted by Gasteiger charge is -2.32. The molecule has 1 aromatic carbocycles. The van der Waals surface area contributed by atoms with Gasteiger partial charge in [-0.15, -0.1) is 0 Å². The highest BCUT2D eigenvalue weighted by Crippen LogP contribution is 2.26. The fourth-order valence-corrected chi connectivity index (χ4v) is 2.16. The topological polar surface area (TPSA) is 61.7 Å². The minimum Gasteiger partial charge on any atom is -0.491 e. The fourth-order valence-electron chi connectivity index (χ4n) is 1.88. The highest BCUT2D eigenvalue weighted by Gasteiger charge is 2.26. The molecule has 0 radical (unpaired) electrons. The Morgan fingerprint density at radius 2 is 2.05 bits per heavy atom. The minimum absolute atomic E-state index is 0.181. The maximum Gasteiger partial charge on any atom is 0.121 e. The molecule has 1 fully saturated rings. The summed E-state index contributed by atoms with van der Waals surface area (Å²) in [5.41, 5.74) is 0. The summed E-state index contributed by atoms with van der Waals surface area (Å²) < 4.78 is 5.43. The van der Waals surface area contributed by atoms with E-state index in [0.29, 0.717) is 28.4 Å². The van der Waals surface area contributed by atoms with Crippen LogP contribution in [0.5, 0.6) is 5.75 Å². The SMILES string of the molecule is OC(CNC1CC(O)C1)COc1ccc(Cl)c(Cl)c1. The number of nitrogens with one attached hydrogen (secondary N) is 1. The van der Waals surface area contributed by atoms with Gasteiger partial charge in [0.15, 0.2) is 0 Å². The Kier molecular flexibility index (Phi) is 5.30. The molecule has 0 bridgehead atoms. The van der Waals surface area contributed by atoms with Crippen molar-refractivity contribution >= 4 is 23.2 Å². The van der Waals surface area contributed by atoms with E-state index in [1.165, 1.54) is 0 Å². The number of rotatable bonds is 6. The van der Waals surface area contributed by atoms with E-state index in [1.54, 1.807) is 18.2 Å². The Hall–Kier alpha value is -0.520. The second kappa shape index (κ2) is 6.77. The normalized spacial score (nSPS) is 23.8. The van der Waals surface area contributed by atoms with Gasteiger partial charge >= 0.3 is 0 Å². The molecule has 0 spiro atoms. The Labute approximate surface area is 122 Å². The summed E-state index contributed by atoms with van der Waals surface area (Å²) in [6.07, 6.45) is 0.704. The molecule has 1 aliphatic carbocycles. The first-order valence-corrected chi connectivity index (χ1v) is 6.97. The van der Waals surface area contributed by atoms with Crippen molar-refractivity contribution in [1.29, 1.82) is 0 Å². The second-order valence-electron chi connectivity index (χ2n) is 4.77. The van der Waals surface area contributed by atoms with Crippen molar-refractivity contribution in [2.75, 3.05) is 13.2 Å². The second-order valence-corrected chi connectivity index (χ2v) is 5.59. The van der Waals surface area contributed by atoms with Crippen molar-refractivity contribution in [3.63, 3.8) is 0 Å². The van der Waals surface area contributed by atoms with Gasteiger partial charge in [0.1, 0.15) is 18.5 Å².